The first-order valence-electron chi connectivity index (χ1n) is 6.29. The van der Waals surface area contributed by atoms with E-state index in [1.165, 1.54) is 6.42 Å². The number of carbonyl (C=O) groups is 1. The van der Waals surface area contributed by atoms with Crippen LogP contribution in [0.3, 0.4) is 0 Å². The maximum Gasteiger partial charge on any atom is 0.324 e. The van der Waals surface area contributed by atoms with Gasteiger partial charge >= 0.3 is 5.97 Å². The largest absolute Gasteiger partial charge is 0.480 e. The molecule has 0 aromatic heterocycles. The summed E-state index contributed by atoms with van der Waals surface area (Å²) in [4.78, 5) is 14.0. The predicted molar refractivity (Wildman–Crippen MR) is 62.5 cm³/mol. The van der Waals surface area contributed by atoms with Crippen LogP contribution in [0, 0.1) is 0 Å². The maximum absolute atomic E-state index is 11.5. The number of nitrogens with one attached hydrogen (secondary N) is 1. The van der Waals surface area contributed by atoms with Gasteiger partial charge in [-0.05, 0) is 46.1 Å². The second-order valence-electron chi connectivity index (χ2n) is 5.47. The van der Waals surface area contributed by atoms with Gasteiger partial charge in [-0.15, -0.1) is 0 Å². The number of carboxylic acid groups (broad SMARTS) is 1. The van der Waals surface area contributed by atoms with Crippen molar-refractivity contribution in [1.82, 2.24) is 10.2 Å². The van der Waals surface area contributed by atoms with Crippen LogP contribution in [0.1, 0.15) is 39.5 Å². The van der Waals surface area contributed by atoms with Gasteiger partial charge in [0.25, 0.3) is 0 Å². The summed E-state index contributed by atoms with van der Waals surface area (Å²) in [6.45, 7) is 6.12. The van der Waals surface area contributed by atoms with E-state index in [1.54, 1.807) is 0 Å². The van der Waals surface area contributed by atoms with Crippen LogP contribution in [0.2, 0.25) is 0 Å². The lowest BCUT2D eigenvalue weighted by Gasteiger charge is -2.43. The van der Waals surface area contributed by atoms with Crippen molar-refractivity contribution in [3.63, 3.8) is 0 Å². The molecule has 2 N–H and O–H groups in total. The lowest BCUT2D eigenvalue weighted by atomic mass is 9.82. The van der Waals surface area contributed by atoms with Crippen molar-refractivity contribution in [3.05, 3.63) is 0 Å². The minimum atomic E-state index is -0.681. The molecular formula is C12H22N2O2. The normalized spacial score (nSPS) is 35.3. The SMILES string of the molecule is CC(C)NC1(C(=O)O)CCN2CCCC2C1. The van der Waals surface area contributed by atoms with Gasteiger partial charge in [-0.2, -0.15) is 0 Å². The number of piperidine rings is 1. The van der Waals surface area contributed by atoms with E-state index in [4.69, 9.17) is 0 Å². The molecule has 2 heterocycles. The Kier molecular flexibility index (Phi) is 3.22. The Labute approximate surface area is 97.0 Å². The fourth-order valence-corrected chi connectivity index (χ4v) is 3.20. The van der Waals surface area contributed by atoms with Crippen LogP contribution in [0.25, 0.3) is 0 Å². The first-order chi connectivity index (χ1) is 7.53. The molecule has 2 unspecified atom stereocenters. The van der Waals surface area contributed by atoms with Crippen molar-refractivity contribution >= 4 is 5.97 Å². The molecular weight excluding hydrogens is 204 g/mol. The van der Waals surface area contributed by atoms with Crippen LogP contribution < -0.4 is 5.32 Å². The molecule has 0 aliphatic carbocycles. The molecule has 2 rings (SSSR count). The highest BCUT2D eigenvalue weighted by Crippen LogP contribution is 2.33. The molecule has 2 fully saturated rings. The number of carboxylic acids is 1. The Morgan fingerprint density at radius 1 is 1.50 bits per heavy atom. The lowest BCUT2D eigenvalue weighted by Crippen LogP contribution is -2.61. The highest BCUT2D eigenvalue weighted by Gasteiger charge is 2.46. The number of aliphatic carboxylic acids is 1. The third kappa shape index (κ3) is 2.09. The molecule has 0 saturated carbocycles. The molecule has 0 aromatic rings. The lowest BCUT2D eigenvalue weighted by molar-refractivity contribution is -0.148. The quantitative estimate of drug-likeness (QED) is 0.755. The van der Waals surface area contributed by atoms with Crippen molar-refractivity contribution in [2.45, 2.75) is 57.2 Å². The van der Waals surface area contributed by atoms with Crippen LogP contribution in [0.5, 0.6) is 0 Å². The van der Waals surface area contributed by atoms with Crippen molar-refractivity contribution in [3.8, 4) is 0 Å². The number of hydrogen-bond donors (Lipinski definition) is 2. The van der Waals surface area contributed by atoms with E-state index in [2.05, 4.69) is 10.2 Å². The zero-order chi connectivity index (χ0) is 11.8. The van der Waals surface area contributed by atoms with Crippen molar-refractivity contribution in [2.75, 3.05) is 13.1 Å². The molecule has 0 radical (unpaired) electrons. The molecule has 16 heavy (non-hydrogen) atoms. The van der Waals surface area contributed by atoms with Gasteiger partial charge in [-0.25, -0.2) is 0 Å². The molecule has 92 valence electrons. The molecule has 0 amide bonds. The average molecular weight is 226 g/mol. The van der Waals surface area contributed by atoms with Gasteiger partial charge in [0.15, 0.2) is 0 Å². The Morgan fingerprint density at radius 2 is 2.25 bits per heavy atom. The molecule has 2 aliphatic heterocycles. The highest BCUT2D eigenvalue weighted by molar-refractivity contribution is 5.79. The van der Waals surface area contributed by atoms with Gasteiger partial charge in [0.1, 0.15) is 5.54 Å². The van der Waals surface area contributed by atoms with Crippen molar-refractivity contribution in [2.24, 2.45) is 0 Å². The molecule has 0 spiro atoms. The third-order valence-corrected chi connectivity index (χ3v) is 3.88. The second-order valence-corrected chi connectivity index (χ2v) is 5.47. The predicted octanol–water partition coefficient (Wildman–Crippen LogP) is 1.07. The van der Waals surface area contributed by atoms with Gasteiger partial charge in [0, 0.05) is 18.6 Å². The average Bonchev–Trinajstić information content (AvgIpc) is 2.63. The van der Waals surface area contributed by atoms with E-state index in [1.807, 2.05) is 13.8 Å². The first-order valence-corrected chi connectivity index (χ1v) is 6.29. The van der Waals surface area contributed by atoms with Gasteiger partial charge < -0.3 is 10.0 Å². The Balaban J connectivity index is 2.11. The summed E-state index contributed by atoms with van der Waals surface area (Å²) in [6, 6.07) is 0.708. The van der Waals surface area contributed by atoms with E-state index < -0.39 is 11.5 Å². The highest BCUT2D eigenvalue weighted by atomic mass is 16.4. The summed E-state index contributed by atoms with van der Waals surface area (Å²) < 4.78 is 0. The van der Waals surface area contributed by atoms with E-state index in [-0.39, 0.29) is 6.04 Å². The molecule has 2 saturated heterocycles. The number of hydrogen-bond acceptors (Lipinski definition) is 3. The molecule has 4 heteroatoms. The fraction of sp³-hybridized carbons (Fsp3) is 0.917. The van der Waals surface area contributed by atoms with Gasteiger partial charge in [0.2, 0.25) is 0 Å². The summed E-state index contributed by atoms with van der Waals surface area (Å²) in [5, 5.41) is 12.8. The number of rotatable bonds is 3. The van der Waals surface area contributed by atoms with Crippen molar-refractivity contribution < 1.29 is 9.90 Å². The van der Waals surface area contributed by atoms with E-state index >= 15 is 0 Å². The maximum atomic E-state index is 11.5. The van der Waals surface area contributed by atoms with Gasteiger partial charge in [0.05, 0.1) is 0 Å². The van der Waals surface area contributed by atoms with E-state index in [0.717, 1.165) is 32.4 Å². The van der Waals surface area contributed by atoms with Crippen LogP contribution in [0.15, 0.2) is 0 Å². The summed E-state index contributed by atoms with van der Waals surface area (Å²) >= 11 is 0. The minimum Gasteiger partial charge on any atom is -0.480 e. The molecule has 4 nitrogen and oxygen atoms in total. The van der Waals surface area contributed by atoms with Crippen molar-refractivity contribution in [1.29, 1.82) is 0 Å². The Morgan fingerprint density at radius 3 is 2.88 bits per heavy atom. The second kappa shape index (κ2) is 4.34. The Hall–Kier alpha value is -0.610. The molecule has 0 aromatic carbocycles. The van der Waals surface area contributed by atoms with Crippen LogP contribution in [-0.2, 0) is 4.79 Å². The molecule has 2 aliphatic rings. The zero-order valence-electron chi connectivity index (χ0n) is 10.2. The monoisotopic (exact) mass is 226 g/mol. The first kappa shape index (κ1) is 11.9. The van der Waals surface area contributed by atoms with Crippen LogP contribution in [0.4, 0.5) is 0 Å². The summed E-state index contributed by atoms with van der Waals surface area (Å²) in [6.07, 6.45) is 3.88. The summed E-state index contributed by atoms with van der Waals surface area (Å²) in [5.41, 5.74) is -0.681. The smallest absolute Gasteiger partial charge is 0.324 e. The zero-order valence-corrected chi connectivity index (χ0v) is 10.2. The van der Waals surface area contributed by atoms with Crippen LogP contribution >= 0.6 is 0 Å². The standard InChI is InChI=1S/C12H22N2O2/c1-9(2)13-12(11(15)16)5-7-14-6-3-4-10(14)8-12/h9-10,13H,3-8H2,1-2H3,(H,15,16). The van der Waals surface area contributed by atoms with Gasteiger partial charge in [-0.3, -0.25) is 10.1 Å². The molecule has 2 atom stereocenters. The van der Waals surface area contributed by atoms with Gasteiger partial charge in [-0.1, -0.05) is 0 Å². The summed E-state index contributed by atoms with van der Waals surface area (Å²) in [7, 11) is 0. The third-order valence-electron chi connectivity index (χ3n) is 3.88. The minimum absolute atomic E-state index is 0.226. The molecule has 0 bridgehead atoms. The fourth-order valence-electron chi connectivity index (χ4n) is 3.20. The summed E-state index contributed by atoms with van der Waals surface area (Å²) in [5.74, 6) is -0.673. The van der Waals surface area contributed by atoms with E-state index in [0.29, 0.717) is 6.04 Å². The van der Waals surface area contributed by atoms with E-state index in [9.17, 15) is 9.90 Å². The number of nitrogens with zero attached hydrogens (tertiary/aromatic N) is 1. The Bertz CT molecular complexity index is 280. The van der Waals surface area contributed by atoms with Crippen LogP contribution in [-0.4, -0.2) is 46.7 Å². The topological polar surface area (TPSA) is 52.6 Å². The number of fused-ring (bicyclic) bond motifs is 1.